The van der Waals surface area contributed by atoms with E-state index in [0.29, 0.717) is 0 Å². The van der Waals surface area contributed by atoms with Gasteiger partial charge in [-0.25, -0.2) is 0 Å². The van der Waals surface area contributed by atoms with Crippen molar-refractivity contribution in [2.24, 2.45) is 0 Å². The van der Waals surface area contributed by atoms with Gasteiger partial charge in [-0.2, -0.15) is 0 Å². The molecule has 0 amide bonds. The number of allylic oxidation sites excluding steroid dienone is 6. The topological polar surface area (TPSA) is 0 Å². The molecule has 4 rings (SSSR count). The molecule has 2 aliphatic carbocycles. The Hall–Kier alpha value is -2.34. The molecule has 0 heteroatoms. The molecule has 0 unspecified atom stereocenters. The predicted octanol–water partition coefficient (Wildman–Crippen LogP) is 6.37. The van der Waals surface area contributed by atoms with Crippen molar-refractivity contribution in [1.29, 1.82) is 0 Å². The van der Waals surface area contributed by atoms with Crippen LogP contribution in [0.1, 0.15) is 48.6 Å². The van der Waals surface area contributed by atoms with Crippen LogP contribution in [0.3, 0.4) is 0 Å². The molecule has 24 heavy (non-hydrogen) atoms. The maximum Gasteiger partial charge on any atom is 0.0165 e. The molecular formula is C24H24. The Kier molecular flexibility index (Phi) is 3.38. The van der Waals surface area contributed by atoms with E-state index in [1.807, 2.05) is 0 Å². The highest BCUT2D eigenvalue weighted by molar-refractivity contribution is 5.92. The van der Waals surface area contributed by atoms with E-state index in [2.05, 4.69) is 88.4 Å². The van der Waals surface area contributed by atoms with Crippen LogP contribution in [-0.2, 0) is 11.8 Å². The SMILES string of the molecule is C/C=C\C=C/C1=CCc2ccc3c(c21)C(C)(C)c1cc(C)ccc1-3. The third-order valence-corrected chi connectivity index (χ3v) is 5.47. The Morgan fingerprint density at radius 3 is 2.58 bits per heavy atom. The smallest absolute Gasteiger partial charge is 0.0165 e. The van der Waals surface area contributed by atoms with Crippen molar-refractivity contribution < 1.29 is 0 Å². The first kappa shape index (κ1) is 15.2. The zero-order valence-corrected chi connectivity index (χ0v) is 15.0. The highest BCUT2D eigenvalue weighted by Crippen LogP contribution is 2.53. The molecule has 0 aromatic heterocycles. The fourth-order valence-corrected chi connectivity index (χ4v) is 4.31. The number of fused-ring (bicyclic) bond motifs is 5. The van der Waals surface area contributed by atoms with Gasteiger partial charge in [-0.1, -0.05) is 80.1 Å². The lowest BCUT2D eigenvalue weighted by molar-refractivity contribution is 0.657. The van der Waals surface area contributed by atoms with Gasteiger partial charge in [0.1, 0.15) is 0 Å². The summed E-state index contributed by atoms with van der Waals surface area (Å²) in [5, 5.41) is 0. The largest absolute Gasteiger partial charge is 0.0877 e. The molecule has 0 fully saturated rings. The van der Waals surface area contributed by atoms with Crippen molar-refractivity contribution in [3.8, 4) is 11.1 Å². The summed E-state index contributed by atoms with van der Waals surface area (Å²) in [4.78, 5) is 0. The highest BCUT2D eigenvalue weighted by Gasteiger charge is 2.39. The monoisotopic (exact) mass is 312 g/mol. The molecular weight excluding hydrogens is 288 g/mol. The first-order chi connectivity index (χ1) is 11.5. The van der Waals surface area contributed by atoms with Gasteiger partial charge in [-0.3, -0.25) is 0 Å². The lowest BCUT2D eigenvalue weighted by Crippen LogP contribution is -2.17. The lowest BCUT2D eigenvalue weighted by Gasteiger charge is -2.25. The average Bonchev–Trinajstić information content (AvgIpc) is 3.06. The van der Waals surface area contributed by atoms with Crippen molar-refractivity contribution in [1.82, 2.24) is 0 Å². The molecule has 0 heterocycles. The average molecular weight is 312 g/mol. The predicted molar refractivity (Wildman–Crippen MR) is 104 cm³/mol. The first-order valence-corrected chi connectivity index (χ1v) is 8.82. The van der Waals surface area contributed by atoms with E-state index in [0.717, 1.165) is 6.42 Å². The minimum absolute atomic E-state index is 0.0555. The van der Waals surface area contributed by atoms with E-state index in [9.17, 15) is 0 Å². The van der Waals surface area contributed by atoms with Gasteiger partial charge in [0.15, 0.2) is 0 Å². The summed E-state index contributed by atoms with van der Waals surface area (Å²) in [6.45, 7) is 9.00. The molecule has 2 aromatic rings. The van der Waals surface area contributed by atoms with E-state index < -0.39 is 0 Å². The van der Waals surface area contributed by atoms with Crippen molar-refractivity contribution in [2.45, 2.75) is 39.5 Å². The van der Waals surface area contributed by atoms with Crippen LogP contribution in [0.25, 0.3) is 16.7 Å². The van der Waals surface area contributed by atoms with Crippen LogP contribution in [0.5, 0.6) is 0 Å². The van der Waals surface area contributed by atoms with Crippen LogP contribution in [0.15, 0.2) is 60.7 Å². The molecule has 0 N–H and O–H groups in total. The summed E-state index contributed by atoms with van der Waals surface area (Å²) in [7, 11) is 0. The summed E-state index contributed by atoms with van der Waals surface area (Å²) in [6, 6.07) is 11.6. The Morgan fingerprint density at radius 1 is 1.00 bits per heavy atom. The Labute approximate surface area is 145 Å². The summed E-state index contributed by atoms with van der Waals surface area (Å²) in [5.74, 6) is 0. The molecule has 0 saturated carbocycles. The summed E-state index contributed by atoms with van der Waals surface area (Å²) in [5.41, 5.74) is 11.5. The molecule has 0 spiro atoms. The second-order valence-corrected chi connectivity index (χ2v) is 7.44. The van der Waals surface area contributed by atoms with Crippen molar-refractivity contribution in [2.75, 3.05) is 0 Å². The van der Waals surface area contributed by atoms with Crippen LogP contribution in [0.4, 0.5) is 0 Å². The molecule has 0 aliphatic heterocycles. The van der Waals surface area contributed by atoms with Gasteiger partial charge in [-0.15, -0.1) is 0 Å². The number of hydrogen-bond donors (Lipinski definition) is 0. The van der Waals surface area contributed by atoms with Gasteiger partial charge >= 0.3 is 0 Å². The zero-order chi connectivity index (χ0) is 16.9. The van der Waals surface area contributed by atoms with Crippen molar-refractivity contribution in [3.63, 3.8) is 0 Å². The lowest BCUT2D eigenvalue weighted by atomic mass is 9.78. The zero-order valence-electron chi connectivity index (χ0n) is 15.0. The highest BCUT2D eigenvalue weighted by atomic mass is 14.4. The standard InChI is InChI=1S/C24H24/c1-5-6-7-8-17-10-11-18-12-14-20-19-13-9-16(2)15-21(19)24(3,4)23(20)22(17)18/h5-10,12-15H,11H2,1-4H3/b6-5-,8-7-. The second-order valence-electron chi connectivity index (χ2n) is 7.44. The molecule has 0 nitrogen and oxygen atoms in total. The molecule has 2 aromatic carbocycles. The van der Waals surface area contributed by atoms with Gasteiger partial charge in [0.2, 0.25) is 0 Å². The number of hydrogen-bond acceptors (Lipinski definition) is 0. The summed E-state index contributed by atoms with van der Waals surface area (Å²) < 4.78 is 0. The van der Waals surface area contributed by atoms with E-state index >= 15 is 0 Å². The van der Waals surface area contributed by atoms with Gasteiger partial charge in [0.05, 0.1) is 0 Å². The summed E-state index contributed by atoms with van der Waals surface area (Å²) in [6.07, 6.45) is 12.0. The van der Waals surface area contributed by atoms with Crippen molar-refractivity contribution in [3.05, 3.63) is 88.5 Å². The van der Waals surface area contributed by atoms with Crippen LogP contribution >= 0.6 is 0 Å². The number of rotatable bonds is 2. The molecule has 0 radical (unpaired) electrons. The summed E-state index contributed by atoms with van der Waals surface area (Å²) >= 11 is 0. The Bertz CT molecular complexity index is 917. The number of benzene rings is 2. The van der Waals surface area contributed by atoms with Gasteiger partial charge in [0, 0.05) is 5.41 Å². The molecule has 2 aliphatic rings. The second kappa shape index (κ2) is 5.34. The van der Waals surface area contributed by atoms with Crippen LogP contribution in [0, 0.1) is 6.92 Å². The van der Waals surface area contributed by atoms with Crippen LogP contribution < -0.4 is 0 Å². The Balaban J connectivity index is 1.95. The quantitative estimate of drug-likeness (QED) is 0.565. The normalized spacial score (nSPS) is 17.2. The first-order valence-electron chi connectivity index (χ1n) is 8.82. The third kappa shape index (κ3) is 2.06. The third-order valence-electron chi connectivity index (χ3n) is 5.47. The van der Waals surface area contributed by atoms with Gasteiger partial charge in [-0.05, 0) is 59.2 Å². The van der Waals surface area contributed by atoms with E-state index in [1.54, 1.807) is 0 Å². The van der Waals surface area contributed by atoms with E-state index in [-0.39, 0.29) is 5.41 Å². The van der Waals surface area contributed by atoms with Crippen LogP contribution in [0.2, 0.25) is 0 Å². The Morgan fingerprint density at radius 2 is 1.79 bits per heavy atom. The van der Waals surface area contributed by atoms with Gasteiger partial charge < -0.3 is 0 Å². The minimum Gasteiger partial charge on any atom is -0.0877 e. The van der Waals surface area contributed by atoms with Gasteiger partial charge in [0.25, 0.3) is 0 Å². The number of aryl methyl sites for hydroxylation is 1. The molecule has 0 atom stereocenters. The molecule has 0 bridgehead atoms. The van der Waals surface area contributed by atoms with E-state index in [4.69, 9.17) is 0 Å². The fourth-order valence-electron chi connectivity index (χ4n) is 4.31. The van der Waals surface area contributed by atoms with Crippen molar-refractivity contribution >= 4 is 5.57 Å². The van der Waals surface area contributed by atoms with Crippen LogP contribution in [-0.4, -0.2) is 0 Å². The molecule has 120 valence electrons. The fraction of sp³-hybridized carbons (Fsp3) is 0.250. The minimum atomic E-state index is 0.0555. The molecule has 0 saturated heterocycles. The maximum atomic E-state index is 2.38. The maximum absolute atomic E-state index is 2.38. The van der Waals surface area contributed by atoms with E-state index in [1.165, 1.54) is 44.5 Å².